The molecule has 1 heterocycles. The highest BCUT2D eigenvalue weighted by Gasteiger charge is 2.36. The van der Waals surface area contributed by atoms with Gasteiger partial charge in [0.2, 0.25) is 0 Å². The largest absolute Gasteiger partial charge is 0.386 e. The molecule has 1 N–H and O–H groups in total. The van der Waals surface area contributed by atoms with Crippen LogP contribution in [0.25, 0.3) is 0 Å². The molecule has 0 aromatic heterocycles. The Hall–Kier alpha value is -2.95. The zero-order valence-corrected chi connectivity index (χ0v) is 14.3. The molecule has 0 atom stereocenters. The predicted octanol–water partition coefficient (Wildman–Crippen LogP) is 3.91. The Balaban J connectivity index is 1.80. The van der Waals surface area contributed by atoms with Crippen LogP contribution in [0.1, 0.15) is 67.9 Å². The maximum absolute atomic E-state index is 12.5. The van der Waals surface area contributed by atoms with Gasteiger partial charge in [-0.3, -0.25) is 4.79 Å². The molecule has 4 rings (SSSR count). The van der Waals surface area contributed by atoms with E-state index in [1.54, 1.807) is 24.3 Å². The van der Waals surface area contributed by atoms with Gasteiger partial charge in [0.25, 0.3) is 5.91 Å². The minimum atomic E-state index is -0.682. The van der Waals surface area contributed by atoms with Crippen LogP contribution in [0, 0.1) is 0 Å². The van der Waals surface area contributed by atoms with Crippen LogP contribution in [0.3, 0.4) is 0 Å². The molecular weight excluding hydrogens is 330 g/mol. The molecule has 2 aliphatic rings. The van der Waals surface area contributed by atoms with Crippen molar-refractivity contribution in [1.29, 1.82) is 0 Å². The number of amides is 1. The van der Waals surface area contributed by atoms with Crippen LogP contribution in [-0.2, 0) is 17.6 Å². The van der Waals surface area contributed by atoms with Gasteiger partial charge in [0.1, 0.15) is 0 Å². The minimum absolute atomic E-state index is 0.193. The molecule has 0 unspecified atom stereocenters. The summed E-state index contributed by atoms with van der Waals surface area (Å²) in [5.41, 5.74) is 3.33. The molecule has 1 aliphatic carbocycles. The fourth-order valence-electron chi connectivity index (χ4n) is 3.77. The van der Waals surface area contributed by atoms with E-state index in [1.165, 1.54) is 0 Å². The van der Waals surface area contributed by atoms with Gasteiger partial charge in [-0.15, -0.1) is 0 Å². The molecule has 132 valence electrons. The number of rotatable bonds is 2. The van der Waals surface area contributed by atoms with Gasteiger partial charge in [-0.1, -0.05) is 31.0 Å². The number of nitrogens with one attached hydrogen (secondary N) is 1. The number of hydrogen-bond acceptors (Lipinski definition) is 4. The Morgan fingerprint density at radius 3 is 2.35 bits per heavy atom. The number of fused-ring (bicyclic) bond motifs is 3. The number of ether oxygens (including phenoxy) is 1. The summed E-state index contributed by atoms with van der Waals surface area (Å²) in [5.74, 6) is -1.60. The summed E-state index contributed by atoms with van der Waals surface area (Å²) in [6.45, 7) is 0. The fourth-order valence-corrected chi connectivity index (χ4v) is 3.77. The molecule has 0 saturated carbocycles. The first-order valence-corrected chi connectivity index (χ1v) is 8.97. The van der Waals surface area contributed by atoms with Crippen molar-refractivity contribution < 1.29 is 19.1 Å². The van der Waals surface area contributed by atoms with Crippen LogP contribution in [0.2, 0.25) is 0 Å². The van der Waals surface area contributed by atoms with Crippen LogP contribution in [0.4, 0.5) is 5.69 Å². The quantitative estimate of drug-likeness (QED) is 0.659. The second-order valence-corrected chi connectivity index (χ2v) is 6.72. The number of cyclic esters (lactones) is 2. The standard InChI is InChI=1S/C21H19NO4/c23-19(13-8-5-3-6-9-13)22-16-12-14-10-4-1-2-7-11-15(14)17-18(16)21(25)26-20(17)24/h3,5-6,8-9,12H,1-2,4,7,10-11H2,(H,22,23). The monoisotopic (exact) mass is 349 g/mol. The molecule has 26 heavy (non-hydrogen) atoms. The maximum Gasteiger partial charge on any atom is 0.349 e. The molecule has 2 aromatic rings. The SMILES string of the molecule is O=C(Nc1cc2c(c3c1C(=O)OC3=O)CCCCCC2)c1ccccc1. The van der Waals surface area contributed by atoms with Gasteiger partial charge >= 0.3 is 11.9 Å². The molecule has 0 radical (unpaired) electrons. The number of aryl methyl sites for hydroxylation is 1. The van der Waals surface area contributed by atoms with Gasteiger partial charge in [-0.05, 0) is 55.0 Å². The second kappa shape index (κ2) is 6.75. The number of esters is 2. The summed E-state index contributed by atoms with van der Waals surface area (Å²) in [4.78, 5) is 37.1. The lowest BCUT2D eigenvalue weighted by molar-refractivity contribution is 0.0443. The normalized spacial score (nSPS) is 16.2. The van der Waals surface area contributed by atoms with Gasteiger partial charge in [-0.2, -0.15) is 0 Å². The average molecular weight is 349 g/mol. The Morgan fingerprint density at radius 1 is 0.885 bits per heavy atom. The van der Waals surface area contributed by atoms with Gasteiger partial charge in [0.05, 0.1) is 16.8 Å². The molecule has 0 spiro atoms. The molecule has 1 aliphatic heterocycles. The first-order valence-electron chi connectivity index (χ1n) is 8.97. The summed E-state index contributed by atoms with van der Waals surface area (Å²) < 4.78 is 4.87. The second-order valence-electron chi connectivity index (χ2n) is 6.72. The zero-order chi connectivity index (χ0) is 18.1. The van der Waals surface area contributed by atoms with Gasteiger partial charge in [-0.25, -0.2) is 9.59 Å². The molecule has 1 amide bonds. The van der Waals surface area contributed by atoms with Crippen LogP contribution in [-0.4, -0.2) is 17.8 Å². The lowest BCUT2D eigenvalue weighted by atomic mass is 9.87. The molecule has 5 nitrogen and oxygen atoms in total. The number of benzene rings is 2. The molecule has 2 aromatic carbocycles. The Bertz CT molecular complexity index is 902. The van der Waals surface area contributed by atoms with Crippen molar-refractivity contribution in [1.82, 2.24) is 0 Å². The van der Waals surface area contributed by atoms with Crippen LogP contribution in [0.15, 0.2) is 36.4 Å². The summed E-state index contributed by atoms with van der Waals surface area (Å²) in [7, 11) is 0. The van der Waals surface area contributed by atoms with Crippen molar-refractivity contribution >= 4 is 23.5 Å². The fraction of sp³-hybridized carbons (Fsp3) is 0.286. The third-order valence-corrected chi connectivity index (χ3v) is 5.03. The Labute approximate surface area is 151 Å². The number of hydrogen-bond donors (Lipinski definition) is 1. The van der Waals surface area contributed by atoms with E-state index in [-0.39, 0.29) is 11.5 Å². The van der Waals surface area contributed by atoms with Gasteiger partial charge in [0, 0.05) is 5.56 Å². The number of carbonyl (C=O) groups excluding carboxylic acids is 3. The summed E-state index contributed by atoms with van der Waals surface area (Å²) in [6, 6.07) is 10.6. The maximum atomic E-state index is 12.5. The van der Waals surface area contributed by atoms with E-state index < -0.39 is 11.9 Å². The van der Waals surface area contributed by atoms with Crippen molar-refractivity contribution in [3.8, 4) is 0 Å². The molecule has 5 heteroatoms. The van der Waals surface area contributed by atoms with Crippen molar-refractivity contribution in [2.45, 2.75) is 38.5 Å². The lowest BCUT2D eigenvalue weighted by Crippen LogP contribution is -2.16. The summed E-state index contributed by atoms with van der Waals surface area (Å²) in [6.07, 6.45) is 5.86. The van der Waals surface area contributed by atoms with Crippen molar-refractivity contribution in [3.05, 3.63) is 64.2 Å². The van der Waals surface area contributed by atoms with E-state index in [1.807, 2.05) is 12.1 Å². The molecule has 0 fully saturated rings. The molecule has 0 saturated heterocycles. The van der Waals surface area contributed by atoms with Crippen LogP contribution in [0.5, 0.6) is 0 Å². The summed E-state index contributed by atoms with van der Waals surface area (Å²) in [5, 5.41) is 2.80. The third-order valence-electron chi connectivity index (χ3n) is 5.03. The smallest absolute Gasteiger partial charge is 0.349 e. The highest BCUT2D eigenvalue weighted by molar-refractivity contribution is 6.20. The van der Waals surface area contributed by atoms with Crippen molar-refractivity contribution in [3.63, 3.8) is 0 Å². The zero-order valence-electron chi connectivity index (χ0n) is 14.3. The van der Waals surface area contributed by atoms with Crippen molar-refractivity contribution in [2.75, 3.05) is 5.32 Å². The van der Waals surface area contributed by atoms with Gasteiger partial charge < -0.3 is 10.1 Å². The third kappa shape index (κ3) is 2.90. The highest BCUT2D eigenvalue weighted by atomic mass is 16.6. The summed E-state index contributed by atoms with van der Waals surface area (Å²) >= 11 is 0. The first kappa shape index (κ1) is 16.5. The van der Waals surface area contributed by atoms with E-state index in [0.29, 0.717) is 16.8 Å². The lowest BCUT2D eigenvalue weighted by Gasteiger charge is -2.18. The molecule has 0 bridgehead atoms. The van der Waals surface area contributed by atoms with E-state index in [4.69, 9.17) is 4.74 Å². The average Bonchev–Trinajstić information content (AvgIpc) is 2.92. The van der Waals surface area contributed by atoms with E-state index in [0.717, 1.165) is 49.7 Å². The molecular formula is C21H19NO4. The van der Waals surface area contributed by atoms with Crippen molar-refractivity contribution in [2.24, 2.45) is 0 Å². The predicted molar refractivity (Wildman–Crippen MR) is 96.5 cm³/mol. The Morgan fingerprint density at radius 2 is 1.58 bits per heavy atom. The van der Waals surface area contributed by atoms with E-state index in [9.17, 15) is 14.4 Å². The minimum Gasteiger partial charge on any atom is -0.386 e. The van der Waals surface area contributed by atoms with Crippen LogP contribution >= 0.6 is 0 Å². The Kier molecular flexibility index (Phi) is 4.29. The van der Waals surface area contributed by atoms with E-state index >= 15 is 0 Å². The van der Waals surface area contributed by atoms with Gasteiger partial charge in [0.15, 0.2) is 0 Å². The van der Waals surface area contributed by atoms with E-state index in [2.05, 4.69) is 5.32 Å². The topological polar surface area (TPSA) is 72.5 Å². The number of anilines is 1. The first-order chi connectivity index (χ1) is 12.6. The van der Waals surface area contributed by atoms with Crippen LogP contribution < -0.4 is 5.32 Å². The highest BCUT2D eigenvalue weighted by Crippen LogP contribution is 2.36. The number of carbonyl (C=O) groups is 3.